The number of rotatable bonds is 7. The quantitative estimate of drug-likeness (QED) is 0.567. The van der Waals surface area contributed by atoms with Crippen molar-refractivity contribution in [3.63, 3.8) is 0 Å². The van der Waals surface area contributed by atoms with Gasteiger partial charge in [-0.15, -0.1) is 0 Å². The Hall–Kier alpha value is -2.09. The molecule has 0 spiro atoms. The largest absolute Gasteiger partial charge is 0.453 e. The van der Waals surface area contributed by atoms with E-state index in [1.807, 2.05) is 0 Å². The molecule has 0 heterocycles. The van der Waals surface area contributed by atoms with E-state index >= 15 is 0 Å². The summed E-state index contributed by atoms with van der Waals surface area (Å²) in [5.41, 5.74) is 3.74. The highest BCUT2D eigenvalue weighted by molar-refractivity contribution is 5.98. The predicted octanol–water partition coefficient (Wildman–Crippen LogP) is 6.20. The van der Waals surface area contributed by atoms with Gasteiger partial charge in [0.25, 0.3) is 0 Å². The second-order valence-corrected chi connectivity index (χ2v) is 6.56. The van der Waals surface area contributed by atoms with Crippen molar-refractivity contribution in [1.29, 1.82) is 0 Å². The monoisotopic (exact) mass is 322 g/mol. The lowest BCUT2D eigenvalue weighted by Gasteiger charge is -2.25. The van der Waals surface area contributed by atoms with Crippen molar-refractivity contribution in [3.8, 4) is 0 Å². The summed E-state index contributed by atoms with van der Waals surface area (Å²) in [6.07, 6.45) is 7.66. The predicted molar refractivity (Wildman–Crippen MR) is 99.8 cm³/mol. The fourth-order valence-electron chi connectivity index (χ4n) is 3.44. The summed E-state index contributed by atoms with van der Waals surface area (Å²) in [7, 11) is 0. The van der Waals surface area contributed by atoms with Crippen LogP contribution in [0.2, 0.25) is 0 Å². The molecule has 0 bridgehead atoms. The van der Waals surface area contributed by atoms with E-state index < -0.39 is 0 Å². The zero-order chi connectivity index (χ0) is 16.9. The normalized spacial score (nSPS) is 16.1. The molecule has 2 aromatic carbocycles. The van der Waals surface area contributed by atoms with Crippen LogP contribution in [0.5, 0.6) is 0 Å². The average Bonchev–Trinajstić information content (AvgIpc) is 2.61. The van der Waals surface area contributed by atoms with Crippen LogP contribution in [0, 0.1) is 0 Å². The minimum absolute atomic E-state index is 0.0932. The lowest BCUT2D eigenvalue weighted by molar-refractivity contribution is -0.147. The highest BCUT2D eigenvalue weighted by atomic mass is 16.5. The van der Waals surface area contributed by atoms with Crippen LogP contribution in [-0.2, 0) is 9.53 Å². The SMILES string of the molecule is CCCCC(=O)OC1C=C(CCCC)c2cccc3cccc1c23. The number of benzene rings is 2. The molecular formula is C22H26O2. The third-order valence-electron chi connectivity index (χ3n) is 4.73. The van der Waals surface area contributed by atoms with Crippen LogP contribution in [0.4, 0.5) is 0 Å². The van der Waals surface area contributed by atoms with Crippen LogP contribution in [0.1, 0.15) is 69.6 Å². The first kappa shape index (κ1) is 16.8. The number of esters is 1. The van der Waals surface area contributed by atoms with Crippen LogP contribution in [0.15, 0.2) is 42.5 Å². The lowest BCUT2D eigenvalue weighted by atomic mass is 9.85. The van der Waals surface area contributed by atoms with Crippen molar-refractivity contribution in [3.05, 3.63) is 53.6 Å². The molecule has 0 aromatic heterocycles. The van der Waals surface area contributed by atoms with E-state index in [-0.39, 0.29) is 12.1 Å². The summed E-state index contributed by atoms with van der Waals surface area (Å²) in [5, 5.41) is 2.48. The van der Waals surface area contributed by atoms with Crippen LogP contribution in [-0.4, -0.2) is 5.97 Å². The number of allylic oxidation sites excluding steroid dienone is 1. The minimum atomic E-state index is -0.250. The molecule has 126 valence electrons. The first-order valence-corrected chi connectivity index (χ1v) is 9.16. The van der Waals surface area contributed by atoms with Crippen molar-refractivity contribution in [2.45, 2.75) is 58.5 Å². The van der Waals surface area contributed by atoms with Gasteiger partial charge in [-0.3, -0.25) is 4.79 Å². The standard InChI is InChI=1S/C22H26O2/c1-3-5-9-17-15-20(24-21(23)14-6-4-2)19-13-8-11-16-10-7-12-18(17)22(16)19/h7-8,10-13,15,20H,3-6,9,14H2,1-2H3. The maximum Gasteiger partial charge on any atom is 0.306 e. The lowest BCUT2D eigenvalue weighted by Crippen LogP contribution is -2.13. The van der Waals surface area contributed by atoms with Crippen molar-refractivity contribution in [2.75, 3.05) is 0 Å². The van der Waals surface area contributed by atoms with Crippen LogP contribution >= 0.6 is 0 Å². The summed E-state index contributed by atoms with van der Waals surface area (Å²) in [6.45, 7) is 4.30. The van der Waals surface area contributed by atoms with Gasteiger partial charge in [0, 0.05) is 12.0 Å². The highest BCUT2D eigenvalue weighted by Gasteiger charge is 2.24. The summed E-state index contributed by atoms with van der Waals surface area (Å²) in [5.74, 6) is -0.0932. The Morgan fingerprint density at radius 2 is 1.79 bits per heavy atom. The van der Waals surface area contributed by atoms with Crippen molar-refractivity contribution < 1.29 is 9.53 Å². The third kappa shape index (κ3) is 3.38. The maximum atomic E-state index is 12.2. The fraction of sp³-hybridized carbons (Fsp3) is 0.409. The molecule has 0 saturated heterocycles. The van der Waals surface area contributed by atoms with Gasteiger partial charge >= 0.3 is 5.97 Å². The number of carbonyl (C=O) groups excluding carboxylic acids is 1. The van der Waals surface area contributed by atoms with Gasteiger partial charge in [0.1, 0.15) is 6.10 Å². The zero-order valence-electron chi connectivity index (χ0n) is 14.7. The van der Waals surface area contributed by atoms with Gasteiger partial charge in [0.05, 0.1) is 0 Å². The molecule has 2 aromatic rings. The van der Waals surface area contributed by atoms with Crippen LogP contribution in [0.25, 0.3) is 16.3 Å². The van der Waals surface area contributed by atoms with E-state index in [1.165, 1.54) is 21.9 Å². The number of hydrogen-bond acceptors (Lipinski definition) is 2. The molecule has 2 heteroatoms. The van der Waals surface area contributed by atoms with E-state index in [1.54, 1.807) is 0 Å². The van der Waals surface area contributed by atoms with E-state index in [0.717, 1.165) is 37.7 Å². The van der Waals surface area contributed by atoms with Gasteiger partial charge in [0.2, 0.25) is 0 Å². The molecule has 1 unspecified atom stereocenters. The molecule has 2 nitrogen and oxygen atoms in total. The number of carbonyl (C=O) groups is 1. The highest BCUT2D eigenvalue weighted by Crippen LogP contribution is 2.41. The Bertz CT molecular complexity index is 752. The van der Waals surface area contributed by atoms with Gasteiger partial charge in [0.15, 0.2) is 0 Å². The zero-order valence-corrected chi connectivity index (χ0v) is 14.7. The first-order chi connectivity index (χ1) is 11.7. The Labute approximate surface area is 144 Å². The van der Waals surface area contributed by atoms with E-state index in [0.29, 0.717) is 6.42 Å². The number of unbranched alkanes of at least 4 members (excludes halogenated alkanes) is 2. The molecule has 0 fully saturated rings. The van der Waals surface area contributed by atoms with Crippen molar-refractivity contribution >= 4 is 22.3 Å². The number of hydrogen-bond donors (Lipinski definition) is 0. The molecule has 24 heavy (non-hydrogen) atoms. The van der Waals surface area contributed by atoms with Gasteiger partial charge < -0.3 is 4.74 Å². The second-order valence-electron chi connectivity index (χ2n) is 6.56. The Balaban J connectivity index is 1.98. The van der Waals surface area contributed by atoms with Gasteiger partial charge in [-0.2, -0.15) is 0 Å². The number of ether oxygens (including phenoxy) is 1. The van der Waals surface area contributed by atoms with E-state index in [4.69, 9.17) is 4.74 Å². The Morgan fingerprint density at radius 1 is 1.04 bits per heavy atom. The Kier molecular flexibility index (Phi) is 5.34. The third-order valence-corrected chi connectivity index (χ3v) is 4.73. The summed E-state index contributed by atoms with van der Waals surface area (Å²) in [4.78, 5) is 12.2. The second kappa shape index (κ2) is 7.65. The molecule has 0 aliphatic heterocycles. The average molecular weight is 322 g/mol. The molecule has 1 atom stereocenters. The molecule has 0 amide bonds. The molecular weight excluding hydrogens is 296 g/mol. The molecule has 1 aliphatic rings. The molecule has 1 aliphatic carbocycles. The minimum Gasteiger partial charge on any atom is -0.453 e. The molecule has 0 N–H and O–H groups in total. The van der Waals surface area contributed by atoms with Gasteiger partial charge in [-0.1, -0.05) is 63.1 Å². The van der Waals surface area contributed by atoms with Crippen LogP contribution < -0.4 is 0 Å². The summed E-state index contributed by atoms with van der Waals surface area (Å²) in [6, 6.07) is 12.7. The molecule has 0 saturated carbocycles. The van der Waals surface area contributed by atoms with Crippen molar-refractivity contribution in [2.24, 2.45) is 0 Å². The van der Waals surface area contributed by atoms with E-state index in [9.17, 15) is 4.79 Å². The maximum absolute atomic E-state index is 12.2. The van der Waals surface area contributed by atoms with Gasteiger partial charge in [-0.25, -0.2) is 0 Å². The van der Waals surface area contributed by atoms with Crippen LogP contribution in [0.3, 0.4) is 0 Å². The summed E-state index contributed by atoms with van der Waals surface area (Å²) >= 11 is 0. The van der Waals surface area contributed by atoms with Gasteiger partial charge in [-0.05, 0) is 47.2 Å². The van der Waals surface area contributed by atoms with Crippen molar-refractivity contribution in [1.82, 2.24) is 0 Å². The Morgan fingerprint density at radius 3 is 2.54 bits per heavy atom. The molecule has 3 rings (SSSR count). The first-order valence-electron chi connectivity index (χ1n) is 9.16. The van der Waals surface area contributed by atoms with E-state index in [2.05, 4.69) is 56.3 Å². The smallest absolute Gasteiger partial charge is 0.306 e. The fourth-order valence-corrected chi connectivity index (χ4v) is 3.44. The topological polar surface area (TPSA) is 26.3 Å². The summed E-state index contributed by atoms with van der Waals surface area (Å²) < 4.78 is 5.84. The molecule has 0 radical (unpaired) electrons.